The van der Waals surface area contributed by atoms with Crippen molar-refractivity contribution >= 4 is 17.0 Å². The van der Waals surface area contributed by atoms with E-state index in [9.17, 15) is 4.79 Å². The average Bonchev–Trinajstić information content (AvgIpc) is 3.10. The maximum absolute atomic E-state index is 12.9. The number of nitrogens with zero attached hydrogens (tertiary/aromatic N) is 3. The van der Waals surface area contributed by atoms with E-state index in [0.717, 1.165) is 30.7 Å². The van der Waals surface area contributed by atoms with Crippen molar-refractivity contribution in [2.24, 2.45) is 0 Å². The number of amides is 1. The summed E-state index contributed by atoms with van der Waals surface area (Å²) in [5.41, 5.74) is 2.81. The normalized spacial score (nSPS) is 18.3. The Morgan fingerprint density at radius 3 is 2.69 bits per heavy atom. The number of aromatic nitrogens is 1. The van der Waals surface area contributed by atoms with Crippen LogP contribution in [0.5, 0.6) is 0 Å². The summed E-state index contributed by atoms with van der Waals surface area (Å²) in [5.74, 6) is 0.791. The molecule has 1 aliphatic rings. The number of benzene rings is 2. The van der Waals surface area contributed by atoms with Gasteiger partial charge in [0, 0.05) is 32.5 Å². The topological polar surface area (TPSA) is 49.6 Å². The molecule has 1 amide bonds. The second kappa shape index (κ2) is 7.30. The number of carbonyl (C=O) groups excluding carboxylic acids is 1. The summed E-state index contributed by atoms with van der Waals surface area (Å²) in [4.78, 5) is 21.7. The molecule has 134 valence electrons. The third kappa shape index (κ3) is 3.48. The van der Waals surface area contributed by atoms with Crippen LogP contribution in [0.1, 0.15) is 23.9 Å². The van der Waals surface area contributed by atoms with Crippen molar-refractivity contribution in [1.82, 2.24) is 14.8 Å². The molecule has 2 heterocycles. The van der Waals surface area contributed by atoms with Crippen molar-refractivity contribution in [2.75, 3.05) is 26.7 Å². The highest BCUT2D eigenvalue weighted by atomic mass is 16.3. The van der Waals surface area contributed by atoms with E-state index < -0.39 is 0 Å². The molecule has 0 aliphatic carbocycles. The van der Waals surface area contributed by atoms with Gasteiger partial charge in [-0.1, -0.05) is 42.5 Å². The van der Waals surface area contributed by atoms with Gasteiger partial charge in [0.15, 0.2) is 11.5 Å². The first-order valence-electron chi connectivity index (χ1n) is 9.08. The highest BCUT2D eigenvalue weighted by Gasteiger charge is 2.30. The van der Waals surface area contributed by atoms with Gasteiger partial charge < -0.3 is 14.2 Å². The van der Waals surface area contributed by atoms with Gasteiger partial charge in [-0.05, 0) is 24.7 Å². The molecule has 0 saturated carbocycles. The van der Waals surface area contributed by atoms with Gasteiger partial charge in [0.1, 0.15) is 5.52 Å². The summed E-state index contributed by atoms with van der Waals surface area (Å²) in [6, 6.07) is 18.1. The summed E-state index contributed by atoms with van der Waals surface area (Å²) in [6.07, 6.45) is 0.946. The van der Waals surface area contributed by atoms with Gasteiger partial charge in [-0.2, -0.15) is 0 Å². The maximum atomic E-state index is 12.9. The lowest BCUT2D eigenvalue weighted by molar-refractivity contribution is -0.136. The van der Waals surface area contributed by atoms with Gasteiger partial charge in [0.25, 0.3) is 0 Å². The van der Waals surface area contributed by atoms with Crippen molar-refractivity contribution in [3.63, 3.8) is 0 Å². The van der Waals surface area contributed by atoms with Gasteiger partial charge >= 0.3 is 0 Å². The van der Waals surface area contributed by atoms with E-state index in [1.165, 1.54) is 5.56 Å². The number of hydrogen-bond acceptors (Lipinski definition) is 4. The average molecular weight is 349 g/mol. The molecule has 5 heteroatoms. The summed E-state index contributed by atoms with van der Waals surface area (Å²) in [5, 5.41) is 0. The third-order valence-corrected chi connectivity index (χ3v) is 4.98. The zero-order valence-corrected chi connectivity index (χ0v) is 15.0. The number of fused-ring (bicyclic) bond motifs is 1. The standard InChI is InChI=1S/C21H23N3O2/c1-23-13-14-24(18(15-23)16-7-3-2-4-8-16)21(25)12-11-20-22-17-9-5-6-10-19(17)26-20/h2-10,18H,11-15H2,1H3. The summed E-state index contributed by atoms with van der Waals surface area (Å²) in [7, 11) is 2.11. The lowest BCUT2D eigenvalue weighted by atomic mass is 10.0. The van der Waals surface area contributed by atoms with Crippen LogP contribution in [-0.4, -0.2) is 47.4 Å². The molecule has 0 spiro atoms. The Hall–Kier alpha value is -2.66. The quantitative estimate of drug-likeness (QED) is 0.725. The van der Waals surface area contributed by atoms with E-state index in [2.05, 4.69) is 29.1 Å². The van der Waals surface area contributed by atoms with Gasteiger partial charge in [0.2, 0.25) is 5.91 Å². The van der Waals surface area contributed by atoms with Gasteiger partial charge in [-0.25, -0.2) is 4.98 Å². The molecule has 3 aromatic rings. The highest BCUT2D eigenvalue weighted by molar-refractivity contribution is 5.77. The van der Waals surface area contributed by atoms with Crippen LogP contribution >= 0.6 is 0 Å². The van der Waals surface area contributed by atoms with Crippen LogP contribution in [0, 0.1) is 0 Å². The molecule has 26 heavy (non-hydrogen) atoms. The fourth-order valence-corrected chi connectivity index (χ4v) is 3.56. The number of para-hydroxylation sites is 2. The summed E-state index contributed by atoms with van der Waals surface area (Å²) in [6.45, 7) is 2.51. The number of carbonyl (C=O) groups is 1. The summed E-state index contributed by atoms with van der Waals surface area (Å²) < 4.78 is 5.74. The Labute approximate surface area is 153 Å². The fourth-order valence-electron chi connectivity index (χ4n) is 3.56. The van der Waals surface area contributed by atoms with Crippen LogP contribution in [0.25, 0.3) is 11.1 Å². The van der Waals surface area contributed by atoms with E-state index in [1.807, 2.05) is 47.4 Å². The first-order valence-corrected chi connectivity index (χ1v) is 9.08. The van der Waals surface area contributed by atoms with Crippen molar-refractivity contribution < 1.29 is 9.21 Å². The molecular formula is C21H23N3O2. The smallest absolute Gasteiger partial charge is 0.223 e. The largest absolute Gasteiger partial charge is 0.441 e. The molecule has 1 aliphatic heterocycles. The monoisotopic (exact) mass is 349 g/mol. The SMILES string of the molecule is CN1CCN(C(=O)CCc2nc3ccccc3o2)C(c2ccccc2)C1. The molecular weight excluding hydrogens is 326 g/mol. The van der Waals surface area contributed by atoms with E-state index in [1.54, 1.807) is 0 Å². The predicted molar refractivity (Wildman–Crippen MR) is 101 cm³/mol. The number of piperazine rings is 1. The van der Waals surface area contributed by atoms with Crippen LogP contribution in [0.3, 0.4) is 0 Å². The molecule has 1 aromatic heterocycles. The molecule has 1 saturated heterocycles. The number of oxazole rings is 1. The molecule has 0 bridgehead atoms. The number of aryl methyl sites for hydroxylation is 1. The fraction of sp³-hybridized carbons (Fsp3) is 0.333. The first-order chi connectivity index (χ1) is 12.7. The molecule has 2 aromatic carbocycles. The molecule has 1 atom stereocenters. The minimum absolute atomic E-state index is 0.103. The minimum atomic E-state index is 0.103. The van der Waals surface area contributed by atoms with Crippen LogP contribution in [-0.2, 0) is 11.2 Å². The van der Waals surface area contributed by atoms with Gasteiger partial charge in [0.05, 0.1) is 6.04 Å². The van der Waals surface area contributed by atoms with Crippen molar-refractivity contribution in [3.05, 3.63) is 66.1 Å². The molecule has 1 fully saturated rings. The lowest BCUT2D eigenvalue weighted by Crippen LogP contribution is -2.49. The van der Waals surface area contributed by atoms with Crippen LogP contribution in [0.15, 0.2) is 59.0 Å². The van der Waals surface area contributed by atoms with Crippen LogP contribution in [0.2, 0.25) is 0 Å². The Bertz CT molecular complexity index is 857. The molecule has 4 rings (SSSR count). The van der Waals surface area contributed by atoms with E-state index in [-0.39, 0.29) is 11.9 Å². The third-order valence-electron chi connectivity index (χ3n) is 4.98. The van der Waals surface area contributed by atoms with E-state index in [4.69, 9.17) is 4.42 Å². The van der Waals surface area contributed by atoms with Crippen LogP contribution in [0.4, 0.5) is 0 Å². The number of likely N-dealkylation sites (N-methyl/N-ethyl adjacent to an activating group) is 1. The molecule has 0 radical (unpaired) electrons. The van der Waals surface area contributed by atoms with Crippen LogP contribution < -0.4 is 0 Å². The maximum Gasteiger partial charge on any atom is 0.223 e. The van der Waals surface area contributed by atoms with Crippen molar-refractivity contribution in [1.29, 1.82) is 0 Å². The predicted octanol–water partition coefficient (Wildman–Crippen LogP) is 3.28. The Morgan fingerprint density at radius 2 is 1.88 bits per heavy atom. The minimum Gasteiger partial charge on any atom is -0.441 e. The van der Waals surface area contributed by atoms with Crippen molar-refractivity contribution in [3.8, 4) is 0 Å². The van der Waals surface area contributed by atoms with E-state index in [0.29, 0.717) is 18.7 Å². The number of rotatable bonds is 4. The van der Waals surface area contributed by atoms with E-state index >= 15 is 0 Å². The molecule has 0 N–H and O–H groups in total. The van der Waals surface area contributed by atoms with Crippen molar-refractivity contribution in [2.45, 2.75) is 18.9 Å². The first kappa shape index (κ1) is 16.8. The Balaban J connectivity index is 1.46. The second-order valence-corrected chi connectivity index (χ2v) is 6.85. The second-order valence-electron chi connectivity index (χ2n) is 6.85. The molecule has 1 unspecified atom stereocenters. The Morgan fingerprint density at radius 1 is 1.12 bits per heavy atom. The lowest BCUT2D eigenvalue weighted by Gasteiger charge is -2.40. The zero-order valence-electron chi connectivity index (χ0n) is 15.0. The summed E-state index contributed by atoms with van der Waals surface area (Å²) >= 11 is 0. The van der Waals surface area contributed by atoms with Gasteiger partial charge in [-0.3, -0.25) is 4.79 Å². The highest BCUT2D eigenvalue weighted by Crippen LogP contribution is 2.26. The number of hydrogen-bond donors (Lipinski definition) is 0. The zero-order chi connectivity index (χ0) is 17.9. The van der Waals surface area contributed by atoms with Gasteiger partial charge in [-0.15, -0.1) is 0 Å². The molecule has 5 nitrogen and oxygen atoms in total. The Kier molecular flexibility index (Phi) is 4.71.